The van der Waals surface area contributed by atoms with Crippen molar-refractivity contribution in [3.05, 3.63) is 102 Å². The van der Waals surface area contributed by atoms with Gasteiger partial charge in [0.25, 0.3) is 5.91 Å². The van der Waals surface area contributed by atoms with E-state index in [1.165, 1.54) is 28.5 Å². The van der Waals surface area contributed by atoms with Gasteiger partial charge in [0, 0.05) is 21.5 Å². The number of nitrogens with zero attached hydrogens (tertiary/aromatic N) is 1. The highest BCUT2D eigenvalue weighted by Gasteiger charge is 2.17. The van der Waals surface area contributed by atoms with Crippen LogP contribution in [-0.2, 0) is 9.59 Å². The van der Waals surface area contributed by atoms with Crippen molar-refractivity contribution in [2.75, 3.05) is 17.2 Å². The Morgan fingerprint density at radius 3 is 2.53 bits per heavy atom. The lowest BCUT2D eigenvalue weighted by atomic mass is 10.1. The molecule has 0 aliphatic heterocycles. The lowest BCUT2D eigenvalue weighted by Gasteiger charge is -2.12. The molecule has 6 nitrogen and oxygen atoms in total. The highest BCUT2D eigenvalue weighted by Crippen LogP contribution is 2.30. The maximum absolute atomic E-state index is 12.9. The summed E-state index contributed by atoms with van der Waals surface area (Å²) < 4.78 is 5.50. The Hall–Kier alpha value is -4.14. The van der Waals surface area contributed by atoms with Crippen LogP contribution in [0.15, 0.2) is 107 Å². The molecule has 4 aromatic carbocycles. The fraction of sp³-hybridized carbons (Fsp3) is 0.100. The van der Waals surface area contributed by atoms with Crippen molar-refractivity contribution in [3.8, 4) is 17.0 Å². The normalized spacial score (nSPS) is 11.6. The molecule has 0 radical (unpaired) electrons. The quantitative estimate of drug-likeness (QED) is 0.195. The zero-order valence-corrected chi connectivity index (χ0v) is 22.2. The van der Waals surface area contributed by atoms with E-state index in [0.717, 1.165) is 21.5 Å². The molecule has 5 rings (SSSR count). The highest BCUT2D eigenvalue weighted by atomic mass is 32.2. The third kappa shape index (κ3) is 6.59. The van der Waals surface area contributed by atoms with E-state index >= 15 is 0 Å². The van der Waals surface area contributed by atoms with E-state index in [-0.39, 0.29) is 23.7 Å². The second-order valence-corrected chi connectivity index (χ2v) is 10.8. The molecule has 0 spiro atoms. The number of carbonyl (C=O) groups excluding carboxylic acids is 2. The molecule has 190 valence electrons. The minimum Gasteiger partial charge on any atom is -0.484 e. The van der Waals surface area contributed by atoms with E-state index in [9.17, 15) is 9.59 Å². The summed E-state index contributed by atoms with van der Waals surface area (Å²) in [5, 5.41) is 10.2. The topological polar surface area (TPSA) is 80.3 Å². The molecular formula is C30H25N3O3S2. The molecule has 0 saturated carbocycles. The Labute approximate surface area is 229 Å². The van der Waals surface area contributed by atoms with Gasteiger partial charge in [0.15, 0.2) is 11.7 Å². The number of thiazole rings is 1. The average Bonchev–Trinajstić information content (AvgIpc) is 3.41. The van der Waals surface area contributed by atoms with E-state index in [2.05, 4.69) is 39.9 Å². The van der Waals surface area contributed by atoms with Crippen LogP contribution in [0.5, 0.6) is 5.75 Å². The number of fused-ring (bicyclic) bond motifs is 1. The number of rotatable bonds is 9. The molecule has 1 atom stereocenters. The molecule has 2 amide bonds. The molecule has 0 saturated heterocycles. The average molecular weight is 540 g/mol. The number of carbonyl (C=O) groups is 2. The first-order valence-electron chi connectivity index (χ1n) is 12.0. The fourth-order valence-corrected chi connectivity index (χ4v) is 5.44. The first-order chi connectivity index (χ1) is 18.5. The Kier molecular flexibility index (Phi) is 8.01. The van der Waals surface area contributed by atoms with Crippen molar-refractivity contribution in [1.82, 2.24) is 4.98 Å². The molecule has 0 fully saturated rings. The van der Waals surface area contributed by atoms with Gasteiger partial charge in [-0.3, -0.25) is 9.59 Å². The van der Waals surface area contributed by atoms with Crippen molar-refractivity contribution >= 4 is 56.5 Å². The summed E-state index contributed by atoms with van der Waals surface area (Å²) in [5.74, 6) is 0.240. The smallest absolute Gasteiger partial charge is 0.262 e. The van der Waals surface area contributed by atoms with Gasteiger partial charge in [0.05, 0.1) is 10.9 Å². The maximum Gasteiger partial charge on any atom is 0.262 e. The van der Waals surface area contributed by atoms with Crippen LogP contribution in [0.25, 0.3) is 22.0 Å². The number of amides is 2. The summed E-state index contributed by atoms with van der Waals surface area (Å²) in [7, 11) is 0. The van der Waals surface area contributed by atoms with Crippen molar-refractivity contribution < 1.29 is 14.3 Å². The van der Waals surface area contributed by atoms with Crippen LogP contribution >= 0.6 is 23.1 Å². The minimum atomic E-state index is -0.365. The van der Waals surface area contributed by atoms with Crippen molar-refractivity contribution in [2.24, 2.45) is 0 Å². The molecule has 1 aromatic heterocycles. The van der Waals surface area contributed by atoms with E-state index < -0.39 is 0 Å². The molecule has 38 heavy (non-hydrogen) atoms. The molecule has 8 heteroatoms. The van der Waals surface area contributed by atoms with E-state index in [4.69, 9.17) is 4.74 Å². The molecule has 2 N–H and O–H groups in total. The number of ether oxygens (including phenoxy) is 1. The molecule has 1 heterocycles. The monoisotopic (exact) mass is 539 g/mol. The summed E-state index contributed by atoms with van der Waals surface area (Å²) in [6, 6.07) is 31.0. The van der Waals surface area contributed by atoms with E-state index in [0.29, 0.717) is 16.6 Å². The molecule has 0 aliphatic rings. The highest BCUT2D eigenvalue weighted by molar-refractivity contribution is 8.00. The van der Waals surface area contributed by atoms with Gasteiger partial charge in [0.2, 0.25) is 5.91 Å². The summed E-state index contributed by atoms with van der Waals surface area (Å²) in [6.45, 7) is 1.76. The number of aromatic nitrogens is 1. The van der Waals surface area contributed by atoms with Gasteiger partial charge in [-0.25, -0.2) is 4.98 Å². The summed E-state index contributed by atoms with van der Waals surface area (Å²) in [6.07, 6.45) is 0. The van der Waals surface area contributed by atoms with Crippen LogP contribution in [-0.4, -0.2) is 28.7 Å². The van der Waals surface area contributed by atoms with Gasteiger partial charge in [-0.1, -0.05) is 60.7 Å². The second-order valence-electron chi connectivity index (χ2n) is 8.53. The van der Waals surface area contributed by atoms with Crippen molar-refractivity contribution in [3.63, 3.8) is 0 Å². The Balaban J connectivity index is 1.15. The van der Waals surface area contributed by atoms with Gasteiger partial charge in [-0.05, 0) is 54.1 Å². The van der Waals surface area contributed by atoms with Gasteiger partial charge in [0.1, 0.15) is 5.75 Å². The van der Waals surface area contributed by atoms with Crippen molar-refractivity contribution in [1.29, 1.82) is 0 Å². The SMILES string of the molecule is CC(Sc1cccc(NC(=O)COc2ccccc2)c1)C(=O)Nc1nc(-c2ccc3ccccc3c2)cs1. The molecule has 5 aromatic rings. The number of nitrogens with one attached hydrogen (secondary N) is 2. The zero-order valence-electron chi connectivity index (χ0n) is 20.6. The van der Waals surface area contributed by atoms with E-state index in [1.54, 1.807) is 18.2 Å². The largest absolute Gasteiger partial charge is 0.484 e. The Morgan fingerprint density at radius 1 is 0.895 bits per heavy atom. The standard InChI is InChI=1S/C30H25N3O3S2/c1-20(38-26-13-7-10-24(17-26)31-28(34)18-36-25-11-3-2-4-12-25)29(35)33-30-32-27(19-37-30)23-15-14-21-8-5-6-9-22(21)16-23/h2-17,19-20H,18H2,1H3,(H,31,34)(H,32,33,35). The number of para-hydroxylation sites is 1. The first-order valence-corrected chi connectivity index (χ1v) is 13.8. The first kappa shape index (κ1) is 25.5. The fourth-order valence-electron chi connectivity index (χ4n) is 3.79. The third-order valence-corrected chi connectivity index (χ3v) is 7.54. The van der Waals surface area contributed by atoms with Crippen LogP contribution < -0.4 is 15.4 Å². The second kappa shape index (κ2) is 11.9. The number of hydrogen-bond donors (Lipinski definition) is 2. The Bertz CT molecular complexity index is 1570. The maximum atomic E-state index is 12.9. The lowest BCUT2D eigenvalue weighted by molar-refractivity contribution is -0.118. The van der Waals surface area contributed by atoms with Gasteiger partial charge < -0.3 is 15.4 Å². The number of hydrogen-bond acceptors (Lipinski definition) is 6. The van der Waals surface area contributed by atoms with Crippen LogP contribution in [0.1, 0.15) is 6.92 Å². The molecule has 1 unspecified atom stereocenters. The van der Waals surface area contributed by atoms with Gasteiger partial charge >= 0.3 is 0 Å². The van der Waals surface area contributed by atoms with Crippen LogP contribution in [0, 0.1) is 0 Å². The zero-order chi connectivity index (χ0) is 26.3. The Morgan fingerprint density at radius 2 is 1.68 bits per heavy atom. The van der Waals surface area contributed by atoms with Gasteiger partial charge in [-0.15, -0.1) is 23.1 Å². The number of benzene rings is 4. The predicted molar refractivity (Wildman–Crippen MR) is 156 cm³/mol. The lowest BCUT2D eigenvalue weighted by Crippen LogP contribution is -2.22. The van der Waals surface area contributed by atoms with Crippen LogP contribution in [0.4, 0.5) is 10.8 Å². The van der Waals surface area contributed by atoms with Gasteiger partial charge in [-0.2, -0.15) is 0 Å². The van der Waals surface area contributed by atoms with Crippen molar-refractivity contribution in [2.45, 2.75) is 17.1 Å². The van der Waals surface area contributed by atoms with E-state index in [1.807, 2.05) is 66.9 Å². The third-order valence-electron chi connectivity index (χ3n) is 5.69. The summed E-state index contributed by atoms with van der Waals surface area (Å²) >= 11 is 2.81. The van der Waals surface area contributed by atoms with Crippen LogP contribution in [0.3, 0.4) is 0 Å². The predicted octanol–water partition coefficient (Wildman–Crippen LogP) is 7.10. The number of thioether (sulfide) groups is 1. The minimum absolute atomic E-state index is 0.0881. The molecule has 0 bridgehead atoms. The molecule has 0 aliphatic carbocycles. The summed E-state index contributed by atoms with van der Waals surface area (Å²) in [5.41, 5.74) is 2.48. The van der Waals surface area contributed by atoms with Crippen LogP contribution in [0.2, 0.25) is 0 Å². The number of anilines is 2. The molecular weight excluding hydrogens is 514 g/mol. The summed E-state index contributed by atoms with van der Waals surface area (Å²) in [4.78, 5) is 30.6.